The quantitative estimate of drug-likeness (QED) is 0.735. The van der Waals surface area contributed by atoms with E-state index < -0.39 is 5.41 Å². The van der Waals surface area contributed by atoms with Gasteiger partial charge in [0.05, 0.1) is 5.41 Å². The Labute approximate surface area is 185 Å². The first kappa shape index (κ1) is 21.5. The molecule has 1 aliphatic heterocycles. The number of rotatable bonds is 7. The molecule has 0 unspecified atom stereocenters. The van der Waals surface area contributed by atoms with E-state index in [1.54, 1.807) is 6.20 Å². The highest BCUT2D eigenvalue weighted by atomic mass is 16.2. The number of carbonyl (C=O) groups is 2. The van der Waals surface area contributed by atoms with Crippen LogP contribution >= 0.6 is 0 Å². The third-order valence-electron chi connectivity index (χ3n) is 6.79. The van der Waals surface area contributed by atoms with Crippen LogP contribution in [-0.2, 0) is 16.0 Å². The lowest BCUT2D eigenvalue weighted by Gasteiger charge is -2.32. The normalized spacial score (nSPS) is 21.2. The summed E-state index contributed by atoms with van der Waals surface area (Å²) < 4.78 is 0. The highest BCUT2D eigenvalue weighted by Crippen LogP contribution is 2.39. The summed E-state index contributed by atoms with van der Waals surface area (Å²) in [7, 11) is 0. The summed E-state index contributed by atoms with van der Waals surface area (Å²) in [4.78, 5) is 32.6. The summed E-state index contributed by atoms with van der Waals surface area (Å²) in [5, 5.41) is 3.17. The molecule has 4 rings (SSSR count). The topological polar surface area (TPSA) is 62.3 Å². The maximum atomic E-state index is 13.5. The lowest BCUT2D eigenvalue weighted by Crippen LogP contribution is -2.47. The van der Waals surface area contributed by atoms with Crippen LogP contribution in [0.4, 0.5) is 0 Å². The van der Waals surface area contributed by atoms with Gasteiger partial charge in [-0.1, -0.05) is 50.6 Å². The van der Waals surface area contributed by atoms with Crippen LogP contribution in [0.2, 0.25) is 0 Å². The maximum absolute atomic E-state index is 13.5. The number of carbonyl (C=O) groups excluding carboxylic acids is 2. The second-order valence-electron chi connectivity index (χ2n) is 9.60. The van der Waals surface area contributed by atoms with Gasteiger partial charge in [-0.15, -0.1) is 0 Å². The molecule has 164 valence electrons. The Bertz CT molecular complexity index is 923. The van der Waals surface area contributed by atoms with Crippen molar-refractivity contribution >= 4 is 11.8 Å². The molecule has 2 aromatic rings. The number of pyridine rings is 1. The predicted octanol–water partition coefficient (Wildman–Crippen LogP) is 4.08. The van der Waals surface area contributed by atoms with E-state index in [-0.39, 0.29) is 17.7 Å². The fourth-order valence-corrected chi connectivity index (χ4v) is 4.71. The largest absolute Gasteiger partial charge is 0.355 e. The van der Waals surface area contributed by atoms with E-state index in [1.807, 2.05) is 29.3 Å². The molecule has 1 saturated carbocycles. The number of aromatic nitrogens is 1. The molecular formula is C26H33N3O2. The van der Waals surface area contributed by atoms with Gasteiger partial charge in [0, 0.05) is 43.5 Å². The van der Waals surface area contributed by atoms with Gasteiger partial charge in [-0.2, -0.15) is 0 Å². The predicted molar refractivity (Wildman–Crippen MR) is 122 cm³/mol. The number of benzene rings is 1. The Morgan fingerprint density at radius 2 is 2.00 bits per heavy atom. The monoisotopic (exact) mass is 419 g/mol. The minimum absolute atomic E-state index is 0.0751. The van der Waals surface area contributed by atoms with Gasteiger partial charge < -0.3 is 10.2 Å². The van der Waals surface area contributed by atoms with Crippen molar-refractivity contribution in [3.63, 3.8) is 0 Å². The molecule has 5 nitrogen and oxygen atoms in total. The number of amides is 2. The Morgan fingerprint density at radius 3 is 2.68 bits per heavy atom. The SMILES string of the molecule is CC(C)CNC(=O)[C@@]1(Cc2ccccc2-c2cccnc2)CCN(C(=O)C2CCC2)C1. The lowest BCUT2D eigenvalue weighted by molar-refractivity contribution is -0.138. The van der Waals surface area contributed by atoms with E-state index in [0.29, 0.717) is 38.4 Å². The molecule has 2 heterocycles. The van der Waals surface area contributed by atoms with Crippen molar-refractivity contribution in [2.24, 2.45) is 17.3 Å². The number of nitrogens with one attached hydrogen (secondary N) is 1. The van der Waals surface area contributed by atoms with Crippen molar-refractivity contribution in [1.29, 1.82) is 0 Å². The summed E-state index contributed by atoms with van der Waals surface area (Å²) >= 11 is 0. The molecule has 5 heteroatoms. The van der Waals surface area contributed by atoms with Crippen LogP contribution in [0.5, 0.6) is 0 Å². The first-order valence-electron chi connectivity index (χ1n) is 11.5. The van der Waals surface area contributed by atoms with Crippen LogP contribution < -0.4 is 5.32 Å². The molecule has 31 heavy (non-hydrogen) atoms. The second-order valence-corrected chi connectivity index (χ2v) is 9.60. The van der Waals surface area contributed by atoms with Gasteiger partial charge in [-0.25, -0.2) is 0 Å². The zero-order valence-corrected chi connectivity index (χ0v) is 18.6. The van der Waals surface area contributed by atoms with Gasteiger partial charge in [0.2, 0.25) is 11.8 Å². The van der Waals surface area contributed by atoms with Crippen LogP contribution in [0.25, 0.3) is 11.1 Å². The van der Waals surface area contributed by atoms with Crippen molar-refractivity contribution in [2.75, 3.05) is 19.6 Å². The van der Waals surface area contributed by atoms with Crippen LogP contribution in [0.1, 0.15) is 45.1 Å². The molecule has 1 aromatic heterocycles. The maximum Gasteiger partial charge on any atom is 0.228 e. The van der Waals surface area contributed by atoms with E-state index >= 15 is 0 Å². The zero-order chi connectivity index (χ0) is 21.8. The lowest BCUT2D eigenvalue weighted by atomic mass is 9.78. The summed E-state index contributed by atoms with van der Waals surface area (Å²) in [5.74, 6) is 0.867. The number of nitrogens with zero attached hydrogens (tertiary/aromatic N) is 2. The number of hydrogen-bond donors (Lipinski definition) is 1. The van der Waals surface area contributed by atoms with Gasteiger partial charge in [0.15, 0.2) is 0 Å². The third kappa shape index (κ3) is 4.65. The minimum Gasteiger partial charge on any atom is -0.355 e. The Balaban J connectivity index is 1.62. The third-order valence-corrected chi connectivity index (χ3v) is 6.79. The van der Waals surface area contributed by atoms with Crippen molar-refractivity contribution in [3.05, 3.63) is 54.4 Å². The average Bonchev–Trinajstić information content (AvgIpc) is 3.17. The van der Waals surface area contributed by atoms with E-state index in [1.165, 1.54) is 0 Å². The first-order chi connectivity index (χ1) is 15.0. The summed E-state index contributed by atoms with van der Waals surface area (Å²) in [6.45, 7) is 6.03. The fraction of sp³-hybridized carbons (Fsp3) is 0.500. The van der Waals surface area contributed by atoms with Crippen molar-refractivity contribution < 1.29 is 9.59 Å². The average molecular weight is 420 g/mol. The molecule has 2 aliphatic rings. The Morgan fingerprint density at radius 1 is 1.19 bits per heavy atom. The van der Waals surface area contributed by atoms with Gasteiger partial charge in [0.1, 0.15) is 0 Å². The molecular weight excluding hydrogens is 386 g/mol. The Hall–Kier alpha value is -2.69. The van der Waals surface area contributed by atoms with Crippen LogP contribution in [0, 0.1) is 17.3 Å². The van der Waals surface area contributed by atoms with Gasteiger partial charge >= 0.3 is 0 Å². The molecule has 1 saturated heterocycles. The molecule has 1 atom stereocenters. The van der Waals surface area contributed by atoms with E-state index in [2.05, 4.69) is 42.3 Å². The Kier molecular flexibility index (Phi) is 6.40. The number of likely N-dealkylation sites (tertiary alicyclic amines) is 1. The van der Waals surface area contributed by atoms with Crippen LogP contribution in [0.3, 0.4) is 0 Å². The standard InChI is InChI=1S/C26H33N3O2/c1-19(2)16-28-25(31)26(12-14-29(18-26)24(30)20-8-5-9-20)15-21-7-3-4-11-23(21)22-10-6-13-27-17-22/h3-4,6-7,10-11,13,17,19-20H,5,8-9,12,14-16,18H2,1-2H3,(H,28,31)/t26-/m1/s1. The zero-order valence-electron chi connectivity index (χ0n) is 18.6. The molecule has 1 aliphatic carbocycles. The van der Waals surface area contributed by atoms with E-state index in [0.717, 1.165) is 36.0 Å². The van der Waals surface area contributed by atoms with Gasteiger partial charge in [-0.05, 0) is 48.8 Å². The summed E-state index contributed by atoms with van der Waals surface area (Å²) in [5.41, 5.74) is 2.70. The van der Waals surface area contributed by atoms with Crippen molar-refractivity contribution in [3.8, 4) is 11.1 Å². The van der Waals surface area contributed by atoms with Gasteiger partial charge in [0.25, 0.3) is 0 Å². The summed E-state index contributed by atoms with van der Waals surface area (Å²) in [6, 6.07) is 12.2. The number of hydrogen-bond acceptors (Lipinski definition) is 3. The van der Waals surface area contributed by atoms with Gasteiger partial charge in [-0.3, -0.25) is 14.6 Å². The molecule has 0 bridgehead atoms. The molecule has 0 spiro atoms. The van der Waals surface area contributed by atoms with E-state index in [9.17, 15) is 9.59 Å². The smallest absolute Gasteiger partial charge is 0.228 e. The molecule has 2 fully saturated rings. The van der Waals surface area contributed by atoms with E-state index in [4.69, 9.17) is 0 Å². The molecule has 0 radical (unpaired) electrons. The first-order valence-corrected chi connectivity index (χ1v) is 11.5. The fourth-order valence-electron chi connectivity index (χ4n) is 4.71. The second kappa shape index (κ2) is 9.21. The van der Waals surface area contributed by atoms with Crippen molar-refractivity contribution in [1.82, 2.24) is 15.2 Å². The highest BCUT2D eigenvalue weighted by molar-refractivity contribution is 5.87. The summed E-state index contributed by atoms with van der Waals surface area (Å²) in [6.07, 6.45) is 8.09. The molecule has 1 aromatic carbocycles. The van der Waals surface area contributed by atoms with Crippen LogP contribution in [0.15, 0.2) is 48.8 Å². The highest BCUT2D eigenvalue weighted by Gasteiger charge is 2.47. The van der Waals surface area contributed by atoms with Crippen LogP contribution in [-0.4, -0.2) is 41.3 Å². The molecule has 1 N–H and O–H groups in total. The van der Waals surface area contributed by atoms with Crippen molar-refractivity contribution in [2.45, 2.75) is 46.0 Å². The molecule has 2 amide bonds. The minimum atomic E-state index is -0.591.